The van der Waals surface area contributed by atoms with Gasteiger partial charge >= 0.3 is 0 Å². The largest absolute Gasteiger partial charge is 0.451 e. The van der Waals surface area contributed by atoms with Gasteiger partial charge in [0.05, 0.1) is 6.42 Å². The third kappa shape index (κ3) is 5.17. The molecule has 0 saturated heterocycles. The van der Waals surface area contributed by atoms with Gasteiger partial charge < -0.3 is 14.6 Å². The van der Waals surface area contributed by atoms with E-state index in [4.69, 9.17) is 4.42 Å². The molecule has 4 rings (SSSR count). The Hall–Kier alpha value is -3.93. The van der Waals surface area contributed by atoms with Crippen molar-refractivity contribution in [2.75, 3.05) is 18.9 Å². The molecule has 0 spiro atoms. The third-order valence-corrected chi connectivity index (χ3v) is 5.07. The highest BCUT2D eigenvalue weighted by molar-refractivity contribution is 6.04. The van der Waals surface area contributed by atoms with E-state index < -0.39 is 0 Å². The highest BCUT2D eigenvalue weighted by Gasteiger charge is 2.13. The van der Waals surface area contributed by atoms with Crippen molar-refractivity contribution in [3.63, 3.8) is 0 Å². The summed E-state index contributed by atoms with van der Waals surface area (Å²) in [7, 11) is 1.80. The van der Waals surface area contributed by atoms with Crippen LogP contribution in [0.1, 0.15) is 21.8 Å². The topological polar surface area (TPSA) is 75.4 Å². The molecule has 0 unspecified atom stereocenters. The standard InChI is InChI=1S/C25H23N3O3/c1-28(15-13-20-7-4-5-14-26-20)24(29)16-18-9-11-21(12-10-18)27-25(30)23-17-19-6-2-3-8-22(19)31-23/h2-12,14,17H,13,15-16H2,1H3,(H,27,30). The molecule has 0 aliphatic carbocycles. The number of para-hydroxylation sites is 1. The molecule has 2 heterocycles. The molecule has 0 radical (unpaired) electrons. The summed E-state index contributed by atoms with van der Waals surface area (Å²) in [5.74, 6) is -0.0146. The first kappa shape index (κ1) is 20.3. The van der Waals surface area contributed by atoms with Crippen LogP contribution < -0.4 is 5.32 Å². The molecule has 4 aromatic rings. The molecule has 0 atom stereocenters. The van der Waals surface area contributed by atoms with Crippen molar-refractivity contribution >= 4 is 28.5 Å². The van der Waals surface area contributed by atoms with Crippen molar-refractivity contribution in [1.29, 1.82) is 0 Å². The molecule has 2 amide bonds. The molecule has 0 fully saturated rings. The van der Waals surface area contributed by atoms with Crippen LogP contribution >= 0.6 is 0 Å². The number of aromatic nitrogens is 1. The Morgan fingerprint density at radius 1 is 1.00 bits per heavy atom. The summed E-state index contributed by atoms with van der Waals surface area (Å²) in [6.07, 6.45) is 2.78. The van der Waals surface area contributed by atoms with Crippen molar-refractivity contribution in [3.05, 3.63) is 96.0 Å². The normalized spacial score (nSPS) is 10.7. The van der Waals surface area contributed by atoms with Crippen molar-refractivity contribution in [1.82, 2.24) is 9.88 Å². The molecule has 0 bridgehead atoms. The van der Waals surface area contributed by atoms with Crippen LogP contribution in [0.3, 0.4) is 0 Å². The van der Waals surface area contributed by atoms with E-state index in [1.807, 2.05) is 54.6 Å². The molecule has 6 nitrogen and oxygen atoms in total. The van der Waals surface area contributed by atoms with Crippen molar-refractivity contribution < 1.29 is 14.0 Å². The van der Waals surface area contributed by atoms with Crippen LogP contribution in [0.5, 0.6) is 0 Å². The summed E-state index contributed by atoms with van der Waals surface area (Å²) in [5, 5.41) is 3.71. The van der Waals surface area contributed by atoms with E-state index in [9.17, 15) is 9.59 Å². The maximum absolute atomic E-state index is 12.5. The summed E-state index contributed by atoms with van der Waals surface area (Å²) < 4.78 is 5.59. The number of nitrogens with zero attached hydrogens (tertiary/aromatic N) is 2. The minimum atomic E-state index is -0.311. The Labute approximate surface area is 180 Å². The van der Waals surface area contributed by atoms with Crippen LogP contribution in [0, 0.1) is 0 Å². The Balaban J connectivity index is 1.31. The van der Waals surface area contributed by atoms with E-state index in [-0.39, 0.29) is 17.6 Å². The average molecular weight is 413 g/mol. The number of rotatable bonds is 7. The number of anilines is 1. The zero-order valence-corrected chi connectivity index (χ0v) is 17.2. The highest BCUT2D eigenvalue weighted by atomic mass is 16.3. The van der Waals surface area contributed by atoms with Crippen LogP contribution in [-0.4, -0.2) is 35.3 Å². The van der Waals surface area contributed by atoms with Gasteiger partial charge in [0.2, 0.25) is 5.91 Å². The number of amides is 2. The van der Waals surface area contributed by atoms with Gasteiger partial charge in [-0.15, -0.1) is 0 Å². The Morgan fingerprint density at radius 3 is 2.52 bits per heavy atom. The summed E-state index contributed by atoms with van der Waals surface area (Å²) in [6, 6.07) is 22.2. The maximum Gasteiger partial charge on any atom is 0.291 e. The molecule has 6 heteroatoms. The number of likely N-dealkylation sites (N-methyl/N-ethyl adjacent to an activating group) is 1. The number of hydrogen-bond acceptors (Lipinski definition) is 4. The fraction of sp³-hybridized carbons (Fsp3) is 0.160. The van der Waals surface area contributed by atoms with E-state index in [0.717, 1.165) is 23.1 Å². The zero-order valence-electron chi connectivity index (χ0n) is 17.2. The molecule has 0 aliphatic heterocycles. The Morgan fingerprint density at radius 2 is 1.77 bits per heavy atom. The molecule has 0 saturated carbocycles. The molecule has 31 heavy (non-hydrogen) atoms. The van der Waals surface area contributed by atoms with Crippen LogP contribution in [0.25, 0.3) is 11.0 Å². The number of nitrogens with one attached hydrogen (secondary N) is 1. The summed E-state index contributed by atoms with van der Waals surface area (Å²) in [4.78, 5) is 30.9. The van der Waals surface area contributed by atoms with Gasteiger partial charge in [0.25, 0.3) is 5.91 Å². The summed E-state index contributed by atoms with van der Waals surface area (Å²) >= 11 is 0. The predicted molar refractivity (Wildman–Crippen MR) is 120 cm³/mol. The summed E-state index contributed by atoms with van der Waals surface area (Å²) in [5.41, 5.74) is 3.17. The first-order valence-corrected chi connectivity index (χ1v) is 10.1. The van der Waals surface area contributed by atoms with Gasteiger partial charge in [-0.05, 0) is 42.0 Å². The van der Waals surface area contributed by atoms with E-state index >= 15 is 0 Å². The minimum absolute atomic E-state index is 0.0370. The lowest BCUT2D eigenvalue weighted by atomic mass is 10.1. The predicted octanol–water partition coefficient (Wildman–Crippen LogP) is 4.32. The number of furan rings is 1. The molecule has 2 aromatic heterocycles. The lowest BCUT2D eigenvalue weighted by Gasteiger charge is -2.17. The summed E-state index contributed by atoms with van der Waals surface area (Å²) in [6.45, 7) is 0.613. The van der Waals surface area contributed by atoms with Gasteiger partial charge in [0.15, 0.2) is 5.76 Å². The van der Waals surface area contributed by atoms with Crippen LogP contribution in [0.15, 0.2) is 83.4 Å². The van der Waals surface area contributed by atoms with Gasteiger partial charge in [-0.25, -0.2) is 0 Å². The lowest BCUT2D eigenvalue weighted by molar-refractivity contribution is -0.129. The van der Waals surface area contributed by atoms with Crippen LogP contribution in [-0.2, 0) is 17.6 Å². The van der Waals surface area contributed by atoms with E-state index in [1.54, 1.807) is 36.3 Å². The number of pyridine rings is 1. The second-order valence-corrected chi connectivity index (χ2v) is 7.36. The molecule has 0 aliphatic rings. The molecular weight excluding hydrogens is 390 g/mol. The van der Waals surface area contributed by atoms with Gasteiger partial charge in [-0.3, -0.25) is 14.6 Å². The number of hydrogen-bond donors (Lipinski definition) is 1. The zero-order chi connectivity index (χ0) is 21.6. The van der Waals surface area contributed by atoms with Crippen LogP contribution in [0.2, 0.25) is 0 Å². The van der Waals surface area contributed by atoms with E-state index in [1.165, 1.54) is 0 Å². The van der Waals surface area contributed by atoms with E-state index in [2.05, 4.69) is 10.3 Å². The van der Waals surface area contributed by atoms with Crippen molar-refractivity contribution in [3.8, 4) is 0 Å². The highest BCUT2D eigenvalue weighted by Crippen LogP contribution is 2.20. The number of carbonyl (C=O) groups excluding carboxylic acids is 2. The smallest absolute Gasteiger partial charge is 0.291 e. The third-order valence-electron chi connectivity index (χ3n) is 5.07. The number of benzene rings is 2. The van der Waals surface area contributed by atoms with Crippen molar-refractivity contribution in [2.24, 2.45) is 0 Å². The monoisotopic (exact) mass is 413 g/mol. The first-order chi connectivity index (χ1) is 15.1. The van der Waals surface area contributed by atoms with Gasteiger partial charge in [-0.1, -0.05) is 36.4 Å². The fourth-order valence-electron chi connectivity index (χ4n) is 3.25. The van der Waals surface area contributed by atoms with Crippen molar-refractivity contribution in [2.45, 2.75) is 12.8 Å². The van der Waals surface area contributed by atoms with Gasteiger partial charge in [0, 0.05) is 43.0 Å². The second kappa shape index (κ2) is 9.26. The average Bonchev–Trinajstić information content (AvgIpc) is 3.24. The minimum Gasteiger partial charge on any atom is -0.451 e. The number of fused-ring (bicyclic) bond motifs is 1. The second-order valence-electron chi connectivity index (χ2n) is 7.36. The quantitative estimate of drug-likeness (QED) is 0.489. The maximum atomic E-state index is 12.5. The SMILES string of the molecule is CN(CCc1ccccn1)C(=O)Cc1ccc(NC(=O)c2cc3ccccc3o2)cc1. The fourth-order valence-corrected chi connectivity index (χ4v) is 3.25. The Bertz CT molecular complexity index is 1150. The van der Waals surface area contributed by atoms with Crippen LogP contribution in [0.4, 0.5) is 5.69 Å². The van der Waals surface area contributed by atoms with Gasteiger partial charge in [0.1, 0.15) is 5.58 Å². The van der Waals surface area contributed by atoms with E-state index in [0.29, 0.717) is 24.2 Å². The first-order valence-electron chi connectivity index (χ1n) is 10.1. The Kier molecular flexibility index (Phi) is 6.08. The molecule has 1 N–H and O–H groups in total. The van der Waals surface area contributed by atoms with Gasteiger partial charge in [-0.2, -0.15) is 0 Å². The number of carbonyl (C=O) groups is 2. The molecule has 156 valence electrons. The molecular formula is C25H23N3O3. The lowest BCUT2D eigenvalue weighted by Crippen LogP contribution is -2.30. The molecule has 2 aromatic carbocycles.